The predicted molar refractivity (Wildman–Crippen MR) is 158 cm³/mol. The summed E-state index contributed by atoms with van der Waals surface area (Å²) in [5.74, 6) is 0. The first-order valence-corrected chi connectivity index (χ1v) is 15.9. The van der Waals surface area contributed by atoms with Crippen LogP contribution < -0.4 is 21.2 Å². The van der Waals surface area contributed by atoms with Gasteiger partial charge in [0.25, 0.3) is 0 Å². The van der Waals surface area contributed by atoms with E-state index in [1.54, 1.807) is 0 Å². The summed E-state index contributed by atoms with van der Waals surface area (Å²) >= 11 is 8.13. The van der Waals surface area contributed by atoms with Gasteiger partial charge in [0.2, 0.25) is 0 Å². The monoisotopic (exact) mass is 654 g/mol. The van der Waals surface area contributed by atoms with Crippen LogP contribution in [0.3, 0.4) is 0 Å². The molecule has 0 unspecified atom stereocenters. The molecular weight excluding hydrogens is 629 g/mol. The second kappa shape index (κ2) is 14.1. The second-order valence-corrected chi connectivity index (χ2v) is 16.8. The number of benzene rings is 4. The SMILES string of the molecule is BrC(Br)(CCP(c1ccccc1)c1ccccc1)CCP(c1ccccc1)c1ccccc1.[Ni]. The molecule has 4 aromatic carbocycles. The Kier molecular flexibility index (Phi) is 11.5. The summed E-state index contributed by atoms with van der Waals surface area (Å²) < 4.78 is -0.0612. The van der Waals surface area contributed by atoms with Gasteiger partial charge in [0.1, 0.15) is 0 Å². The Morgan fingerprint density at radius 1 is 0.441 bits per heavy atom. The third-order valence-electron chi connectivity index (χ3n) is 5.67. The van der Waals surface area contributed by atoms with E-state index in [2.05, 4.69) is 153 Å². The number of alkyl halides is 2. The minimum Gasteiger partial charge on any atom is -0.0727 e. The average molecular weight is 657 g/mol. The molecule has 0 N–H and O–H groups in total. The van der Waals surface area contributed by atoms with Crippen LogP contribution >= 0.6 is 47.7 Å². The van der Waals surface area contributed by atoms with Gasteiger partial charge >= 0.3 is 0 Å². The Hall–Kier alpha value is -0.806. The summed E-state index contributed by atoms with van der Waals surface area (Å²) in [4.78, 5) is 0. The number of hydrogen-bond acceptors (Lipinski definition) is 0. The Balaban J connectivity index is 0.00000324. The molecule has 4 aromatic rings. The normalized spacial score (nSPS) is 11.4. The van der Waals surface area contributed by atoms with Crippen LogP contribution in [0.25, 0.3) is 0 Å². The molecule has 0 heterocycles. The zero-order valence-corrected chi connectivity index (χ0v) is 24.8. The minimum absolute atomic E-state index is 0. The molecule has 0 amide bonds. The van der Waals surface area contributed by atoms with Crippen LogP contribution in [-0.4, -0.2) is 15.6 Å². The zero-order chi connectivity index (χ0) is 22.9. The van der Waals surface area contributed by atoms with Gasteiger partial charge < -0.3 is 0 Å². The zero-order valence-electron chi connectivity index (χ0n) is 18.8. The van der Waals surface area contributed by atoms with Gasteiger partial charge in [-0.1, -0.05) is 153 Å². The van der Waals surface area contributed by atoms with Crippen molar-refractivity contribution in [2.45, 2.75) is 16.1 Å². The Bertz CT molecular complexity index is 926. The van der Waals surface area contributed by atoms with E-state index in [0.29, 0.717) is 0 Å². The molecule has 0 saturated heterocycles. The number of rotatable bonds is 10. The first-order valence-electron chi connectivity index (χ1n) is 11.3. The molecule has 0 saturated carbocycles. The molecule has 0 aliphatic heterocycles. The summed E-state index contributed by atoms with van der Waals surface area (Å²) in [6, 6.07) is 44.0. The number of halogens is 2. The third kappa shape index (κ3) is 8.12. The van der Waals surface area contributed by atoms with Crippen LogP contribution in [0.5, 0.6) is 0 Å². The maximum Gasteiger partial charge on any atom is 0.0812 e. The quantitative estimate of drug-likeness (QED) is 0.0942. The van der Waals surface area contributed by atoms with E-state index >= 15 is 0 Å². The predicted octanol–water partition coefficient (Wildman–Crippen LogP) is 7.52. The summed E-state index contributed by atoms with van der Waals surface area (Å²) in [6.07, 6.45) is 4.45. The maximum absolute atomic E-state index is 4.07. The maximum atomic E-state index is 4.07. The van der Waals surface area contributed by atoms with Gasteiger partial charge in [0, 0.05) is 16.5 Å². The average Bonchev–Trinajstić information content (AvgIpc) is 2.87. The Morgan fingerprint density at radius 3 is 0.912 bits per heavy atom. The summed E-state index contributed by atoms with van der Waals surface area (Å²) in [5, 5.41) is 5.80. The van der Waals surface area contributed by atoms with Gasteiger partial charge in [-0.15, -0.1) is 0 Å². The van der Waals surface area contributed by atoms with Crippen LogP contribution in [-0.2, 0) is 16.5 Å². The third-order valence-corrected chi connectivity index (χ3v) is 12.3. The fourth-order valence-corrected chi connectivity index (χ4v) is 10.9. The van der Waals surface area contributed by atoms with Crippen LogP contribution in [0, 0.1) is 0 Å². The van der Waals surface area contributed by atoms with E-state index in [1.807, 2.05) is 0 Å². The van der Waals surface area contributed by atoms with Crippen LogP contribution in [0.4, 0.5) is 0 Å². The van der Waals surface area contributed by atoms with Crippen LogP contribution in [0.1, 0.15) is 12.8 Å². The Morgan fingerprint density at radius 2 is 0.676 bits per heavy atom. The van der Waals surface area contributed by atoms with Crippen molar-refractivity contribution in [3.63, 3.8) is 0 Å². The van der Waals surface area contributed by atoms with Gasteiger partial charge in [-0.3, -0.25) is 0 Å². The van der Waals surface area contributed by atoms with Gasteiger partial charge in [0.05, 0.1) is 3.23 Å². The molecule has 0 spiro atoms. The molecule has 0 aliphatic carbocycles. The molecule has 0 nitrogen and oxygen atoms in total. The van der Waals surface area contributed by atoms with Crippen molar-refractivity contribution in [2.75, 3.05) is 12.3 Å². The number of hydrogen-bond donors (Lipinski definition) is 0. The van der Waals surface area contributed by atoms with Crippen molar-refractivity contribution in [3.05, 3.63) is 121 Å². The van der Waals surface area contributed by atoms with Gasteiger partial charge in [-0.25, -0.2) is 0 Å². The van der Waals surface area contributed by atoms with E-state index in [0.717, 1.165) is 25.2 Å². The van der Waals surface area contributed by atoms with E-state index in [4.69, 9.17) is 0 Å². The molecular formula is C29H28Br2NiP2. The standard InChI is InChI=1S/C29H28Br2P2.Ni/c30-29(31,21-23-32(25-13-5-1-6-14-25)26-15-7-2-8-16-26)22-24-33(27-17-9-3-10-18-27)28-19-11-4-12-20-28;/h1-20H,21-24H2;. The molecule has 5 heteroatoms. The molecule has 4 rings (SSSR count). The van der Waals surface area contributed by atoms with Gasteiger partial charge in [-0.05, 0) is 62.2 Å². The molecule has 0 fully saturated rings. The fraction of sp³-hybridized carbons (Fsp3) is 0.172. The van der Waals surface area contributed by atoms with E-state index in [-0.39, 0.29) is 35.6 Å². The van der Waals surface area contributed by atoms with Crippen molar-refractivity contribution in [1.29, 1.82) is 0 Å². The van der Waals surface area contributed by atoms with Crippen molar-refractivity contribution in [2.24, 2.45) is 0 Å². The molecule has 34 heavy (non-hydrogen) atoms. The second-order valence-electron chi connectivity index (χ2n) is 8.00. The van der Waals surface area contributed by atoms with Crippen LogP contribution in [0.15, 0.2) is 121 Å². The fourth-order valence-electron chi connectivity index (χ4n) is 3.92. The van der Waals surface area contributed by atoms with Crippen molar-refractivity contribution in [1.82, 2.24) is 0 Å². The molecule has 0 atom stereocenters. The van der Waals surface area contributed by atoms with Crippen LogP contribution in [0.2, 0.25) is 0 Å². The van der Waals surface area contributed by atoms with E-state index in [1.165, 1.54) is 21.2 Å². The molecule has 178 valence electrons. The molecule has 0 bridgehead atoms. The van der Waals surface area contributed by atoms with Crippen molar-refractivity contribution >= 4 is 68.9 Å². The first-order chi connectivity index (χ1) is 16.1. The largest absolute Gasteiger partial charge is 0.0812 e. The van der Waals surface area contributed by atoms with Crippen molar-refractivity contribution < 1.29 is 16.5 Å². The molecule has 0 aliphatic rings. The Labute approximate surface area is 233 Å². The first kappa shape index (κ1) is 27.8. The van der Waals surface area contributed by atoms with Gasteiger partial charge in [0.15, 0.2) is 0 Å². The molecule has 0 aromatic heterocycles. The topological polar surface area (TPSA) is 0 Å². The summed E-state index contributed by atoms with van der Waals surface area (Å²) in [6.45, 7) is 0. The van der Waals surface area contributed by atoms with Gasteiger partial charge in [-0.2, -0.15) is 0 Å². The van der Waals surface area contributed by atoms with Crippen molar-refractivity contribution in [3.8, 4) is 0 Å². The molecule has 0 radical (unpaired) electrons. The summed E-state index contributed by atoms with van der Waals surface area (Å²) in [5.41, 5.74) is 0. The minimum atomic E-state index is -0.384. The van der Waals surface area contributed by atoms with E-state index in [9.17, 15) is 0 Å². The smallest absolute Gasteiger partial charge is 0.0727 e. The van der Waals surface area contributed by atoms with E-state index < -0.39 is 0 Å². The summed E-state index contributed by atoms with van der Waals surface area (Å²) in [7, 11) is -0.767.